The average Bonchev–Trinajstić information content (AvgIpc) is 2.80. The van der Waals surface area contributed by atoms with Gasteiger partial charge in [0.15, 0.2) is 0 Å². The Bertz CT molecular complexity index is 928. The maximum atomic E-state index is 12.3. The molecule has 1 N–H and O–H groups in total. The van der Waals surface area contributed by atoms with Crippen molar-refractivity contribution in [2.45, 2.75) is 25.7 Å². The molecule has 168 valence electrons. The molecule has 0 aliphatic carbocycles. The molecule has 0 saturated carbocycles. The van der Waals surface area contributed by atoms with Gasteiger partial charge in [0.25, 0.3) is 0 Å². The van der Waals surface area contributed by atoms with Crippen LogP contribution in [0.4, 0.5) is 0 Å². The van der Waals surface area contributed by atoms with E-state index in [1.54, 1.807) is 48.5 Å². The van der Waals surface area contributed by atoms with Gasteiger partial charge in [0.2, 0.25) is 0 Å². The lowest BCUT2D eigenvalue weighted by atomic mass is 10.2. The standard InChI is InChI=1S/C25H26O7/c1-2-24(28)31-18-6-4-3-5-17-30-21-14-10-20(11-15-21)25(29)32-22-12-7-19(8-13-22)9-16-23(26)27/h2,7-16H,1,3-6,17-18H2,(H,26,27). The van der Waals surface area contributed by atoms with Crippen molar-refractivity contribution >= 4 is 24.0 Å². The van der Waals surface area contributed by atoms with E-state index in [4.69, 9.17) is 19.3 Å². The van der Waals surface area contributed by atoms with Crippen LogP contribution in [0, 0.1) is 0 Å². The molecule has 32 heavy (non-hydrogen) atoms. The fraction of sp³-hybridized carbons (Fsp3) is 0.240. The maximum Gasteiger partial charge on any atom is 0.343 e. The van der Waals surface area contributed by atoms with Gasteiger partial charge in [-0.25, -0.2) is 14.4 Å². The summed E-state index contributed by atoms with van der Waals surface area (Å²) < 4.78 is 15.9. The van der Waals surface area contributed by atoms with Crippen molar-refractivity contribution in [2.24, 2.45) is 0 Å². The van der Waals surface area contributed by atoms with Crippen molar-refractivity contribution in [1.82, 2.24) is 0 Å². The van der Waals surface area contributed by atoms with Crippen LogP contribution in [-0.4, -0.2) is 36.2 Å². The number of aliphatic carboxylic acids is 1. The SMILES string of the molecule is C=CC(=O)OCCCCCCOc1ccc(C(=O)Oc2ccc(C=CC(=O)O)cc2)cc1. The lowest BCUT2D eigenvalue weighted by Gasteiger charge is -2.08. The Balaban J connectivity index is 1.69. The molecule has 0 saturated heterocycles. The smallest absolute Gasteiger partial charge is 0.343 e. The summed E-state index contributed by atoms with van der Waals surface area (Å²) in [6.07, 6.45) is 7.22. The number of unbranched alkanes of at least 4 members (excludes halogenated alkanes) is 3. The molecule has 0 radical (unpaired) electrons. The third-order valence-electron chi connectivity index (χ3n) is 4.32. The number of hydrogen-bond acceptors (Lipinski definition) is 6. The maximum absolute atomic E-state index is 12.3. The Kier molecular flexibility index (Phi) is 10.2. The van der Waals surface area contributed by atoms with Crippen molar-refractivity contribution in [1.29, 1.82) is 0 Å². The monoisotopic (exact) mass is 438 g/mol. The molecule has 0 aliphatic heterocycles. The molecule has 0 atom stereocenters. The summed E-state index contributed by atoms with van der Waals surface area (Å²) in [6, 6.07) is 13.2. The second-order valence-corrected chi connectivity index (χ2v) is 6.79. The molecule has 0 aliphatic rings. The summed E-state index contributed by atoms with van der Waals surface area (Å²) in [5, 5.41) is 8.64. The van der Waals surface area contributed by atoms with Crippen LogP contribution in [0.25, 0.3) is 6.08 Å². The Morgan fingerprint density at radius 3 is 2.09 bits per heavy atom. The Labute approximate surface area is 186 Å². The number of esters is 2. The van der Waals surface area contributed by atoms with E-state index in [2.05, 4.69) is 6.58 Å². The predicted octanol–water partition coefficient (Wildman–Crippen LogP) is 4.67. The van der Waals surface area contributed by atoms with Crippen LogP contribution in [-0.2, 0) is 14.3 Å². The minimum Gasteiger partial charge on any atom is -0.494 e. The van der Waals surface area contributed by atoms with E-state index in [0.717, 1.165) is 37.8 Å². The molecular formula is C25H26O7. The van der Waals surface area contributed by atoms with E-state index >= 15 is 0 Å². The molecule has 0 heterocycles. The van der Waals surface area contributed by atoms with Crippen molar-refractivity contribution in [3.05, 3.63) is 78.4 Å². The van der Waals surface area contributed by atoms with Gasteiger partial charge >= 0.3 is 17.9 Å². The van der Waals surface area contributed by atoms with E-state index in [0.29, 0.717) is 35.8 Å². The van der Waals surface area contributed by atoms with Crippen LogP contribution in [0.1, 0.15) is 41.6 Å². The van der Waals surface area contributed by atoms with Gasteiger partial charge in [-0.1, -0.05) is 18.7 Å². The molecule has 2 aromatic carbocycles. The fourth-order valence-electron chi connectivity index (χ4n) is 2.65. The number of carbonyl (C=O) groups is 3. The van der Waals surface area contributed by atoms with Gasteiger partial charge in [0.1, 0.15) is 11.5 Å². The summed E-state index contributed by atoms with van der Waals surface area (Å²) in [5.74, 6) is -0.902. The zero-order chi connectivity index (χ0) is 23.2. The number of carbonyl (C=O) groups excluding carboxylic acids is 2. The molecule has 2 rings (SSSR count). The van der Waals surface area contributed by atoms with Gasteiger partial charge in [0, 0.05) is 12.2 Å². The second kappa shape index (κ2) is 13.4. The topological polar surface area (TPSA) is 99.1 Å². The molecule has 0 bridgehead atoms. The minimum atomic E-state index is -1.03. The lowest BCUT2D eigenvalue weighted by Crippen LogP contribution is -2.08. The first-order chi connectivity index (χ1) is 15.5. The Morgan fingerprint density at radius 2 is 1.47 bits per heavy atom. The number of ether oxygens (including phenoxy) is 3. The second-order valence-electron chi connectivity index (χ2n) is 6.79. The fourth-order valence-corrected chi connectivity index (χ4v) is 2.65. The third kappa shape index (κ3) is 9.30. The van der Waals surface area contributed by atoms with Crippen LogP contribution < -0.4 is 9.47 Å². The highest BCUT2D eigenvalue weighted by molar-refractivity contribution is 5.91. The van der Waals surface area contributed by atoms with E-state index in [-0.39, 0.29) is 0 Å². The summed E-state index contributed by atoms with van der Waals surface area (Å²) in [6.45, 7) is 4.29. The molecule has 0 amide bonds. The first kappa shape index (κ1) is 24.4. The third-order valence-corrected chi connectivity index (χ3v) is 4.32. The first-order valence-corrected chi connectivity index (χ1v) is 10.2. The number of hydrogen-bond donors (Lipinski definition) is 1. The largest absolute Gasteiger partial charge is 0.494 e. The zero-order valence-corrected chi connectivity index (χ0v) is 17.7. The van der Waals surface area contributed by atoms with Crippen LogP contribution in [0.15, 0.2) is 67.3 Å². The van der Waals surface area contributed by atoms with E-state index in [1.165, 1.54) is 6.08 Å². The minimum absolute atomic E-state index is 0.363. The van der Waals surface area contributed by atoms with Crippen LogP contribution >= 0.6 is 0 Å². The van der Waals surface area contributed by atoms with Gasteiger partial charge in [-0.05, 0) is 73.7 Å². The molecule has 7 heteroatoms. The van der Waals surface area contributed by atoms with E-state index in [1.807, 2.05) is 0 Å². The van der Waals surface area contributed by atoms with Gasteiger partial charge < -0.3 is 19.3 Å². The number of carboxylic acid groups (broad SMARTS) is 1. The van der Waals surface area contributed by atoms with Gasteiger partial charge in [-0.3, -0.25) is 0 Å². The summed E-state index contributed by atoms with van der Waals surface area (Å²) in [4.78, 5) is 33.7. The molecule has 0 fully saturated rings. The quantitative estimate of drug-likeness (QED) is 0.210. The van der Waals surface area contributed by atoms with E-state index in [9.17, 15) is 14.4 Å². The highest BCUT2D eigenvalue weighted by Crippen LogP contribution is 2.17. The highest BCUT2D eigenvalue weighted by Gasteiger charge is 2.09. The predicted molar refractivity (Wildman–Crippen MR) is 120 cm³/mol. The van der Waals surface area contributed by atoms with E-state index < -0.39 is 17.9 Å². The van der Waals surface area contributed by atoms with Gasteiger partial charge in [-0.2, -0.15) is 0 Å². The number of carboxylic acids is 1. The zero-order valence-electron chi connectivity index (χ0n) is 17.7. The van der Waals surface area contributed by atoms with Crippen LogP contribution in [0.2, 0.25) is 0 Å². The highest BCUT2D eigenvalue weighted by atomic mass is 16.5. The van der Waals surface area contributed by atoms with Gasteiger partial charge in [0.05, 0.1) is 18.8 Å². The molecule has 2 aromatic rings. The number of rotatable bonds is 13. The normalized spacial score (nSPS) is 10.5. The lowest BCUT2D eigenvalue weighted by molar-refractivity contribution is -0.138. The number of benzene rings is 2. The van der Waals surface area contributed by atoms with Crippen molar-refractivity contribution in [3.63, 3.8) is 0 Å². The van der Waals surface area contributed by atoms with Crippen LogP contribution in [0.5, 0.6) is 11.5 Å². The Hall–Kier alpha value is -3.87. The van der Waals surface area contributed by atoms with Gasteiger partial charge in [-0.15, -0.1) is 0 Å². The molecule has 7 nitrogen and oxygen atoms in total. The summed E-state index contributed by atoms with van der Waals surface area (Å²) in [5.41, 5.74) is 1.08. The van der Waals surface area contributed by atoms with Crippen LogP contribution in [0.3, 0.4) is 0 Å². The first-order valence-electron chi connectivity index (χ1n) is 10.2. The molecule has 0 spiro atoms. The molecule has 0 unspecified atom stereocenters. The van der Waals surface area contributed by atoms with Crippen molar-refractivity contribution in [3.8, 4) is 11.5 Å². The summed E-state index contributed by atoms with van der Waals surface area (Å²) in [7, 11) is 0. The Morgan fingerprint density at radius 1 is 0.844 bits per heavy atom. The van der Waals surface area contributed by atoms with Crippen molar-refractivity contribution < 1.29 is 33.7 Å². The molecular weight excluding hydrogens is 412 g/mol. The average molecular weight is 438 g/mol. The molecule has 0 aromatic heterocycles. The van der Waals surface area contributed by atoms with Crippen molar-refractivity contribution in [2.75, 3.05) is 13.2 Å². The summed E-state index contributed by atoms with van der Waals surface area (Å²) >= 11 is 0.